The van der Waals surface area contributed by atoms with Crippen molar-refractivity contribution in [3.05, 3.63) is 29.6 Å². The van der Waals surface area contributed by atoms with E-state index in [2.05, 4.69) is 4.98 Å². The van der Waals surface area contributed by atoms with Crippen molar-refractivity contribution in [3.8, 4) is 0 Å². The molecule has 1 heterocycles. The number of carbonyl (C=O) groups excluding carboxylic acids is 1. The summed E-state index contributed by atoms with van der Waals surface area (Å²) in [6.45, 7) is 0. The Bertz CT molecular complexity index is 305. The standard InChI is InChI=1S/C9H8F3NO/c10-9(11,12)8-4-3-7(6-13-8)2-1-5-14/h3-6H,1-2H2. The zero-order valence-corrected chi connectivity index (χ0v) is 7.21. The average Bonchev–Trinajstić information content (AvgIpc) is 2.14. The molecule has 0 spiro atoms. The lowest BCUT2D eigenvalue weighted by Gasteiger charge is -2.05. The van der Waals surface area contributed by atoms with Gasteiger partial charge in [-0.05, 0) is 18.1 Å². The number of rotatable bonds is 3. The van der Waals surface area contributed by atoms with Crippen LogP contribution in [-0.4, -0.2) is 11.3 Å². The van der Waals surface area contributed by atoms with Crippen molar-refractivity contribution in [2.24, 2.45) is 0 Å². The van der Waals surface area contributed by atoms with Crippen LogP contribution < -0.4 is 0 Å². The number of carbonyl (C=O) groups is 1. The molecule has 1 rings (SSSR count). The molecule has 0 aliphatic rings. The van der Waals surface area contributed by atoms with Crippen LogP contribution in [0.25, 0.3) is 0 Å². The lowest BCUT2D eigenvalue weighted by molar-refractivity contribution is -0.141. The van der Waals surface area contributed by atoms with Crippen molar-refractivity contribution in [2.45, 2.75) is 19.0 Å². The molecule has 0 atom stereocenters. The van der Waals surface area contributed by atoms with Gasteiger partial charge in [-0.3, -0.25) is 4.98 Å². The van der Waals surface area contributed by atoms with Gasteiger partial charge in [0.15, 0.2) is 0 Å². The van der Waals surface area contributed by atoms with Gasteiger partial charge in [0.25, 0.3) is 0 Å². The fraction of sp³-hybridized carbons (Fsp3) is 0.333. The molecule has 1 aromatic rings. The van der Waals surface area contributed by atoms with Crippen LogP contribution in [0.3, 0.4) is 0 Å². The number of aldehydes is 1. The van der Waals surface area contributed by atoms with Gasteiger partial charge >= 0.3 is 6.18 Å². The van der Waals surface area contributed by atoms with Gasteiger partial charge in [0.2, 0.25) is 0 Å². The fourth-order valence-electron chi connectivity index (χ4n) is 0.966. The Labute approximate surface area is 78.8 Å². The highest BCUT2D eigenvalue weighted by molar-refractivity contribution is 5.49. The van der Waals surface area contributed by atoms with Crippen molar-refractivity contribution in [3.63, 3.8) is 0 Å². The fourth-order valence-corrected chi connectivity index (χ4v) is 0.966. The number of nitrogens with zero attached hydrogens (tertiary/aromatic N) is 1. The number of hydrogen-bond donors (Lipinski definition) is 0. The molecule has 0 N–H and O–H groups in total. The Morgan fingerprint density at radius 1 is 1.36 bits per heavy atom. The zero-order chi connectivity index (χ0) is 10.6. The first-order chi connectivity index (χ1) is 6.54. The molecule has 1 aromatic heterocycles. The van der Waals surface area contributed by atoms with Gasteiger partial charge in [0.05, 0.1) is 0 Å². The SMILES string of the molecule is O=CCCc1ccc(C(F)(F)F)nc1. The van der Waals surface area contributed by atoms with Crippen molar-refractivity contribution < 1.29 is 18.0 Å². The summed E-state index contributed by atoms with van der Waals surface area (Å²) in [7, 11) is 0. The summed E-state index contributed by atoms with van der Waals surface area (Å²) in [6.07, 6.45) is -1.81. The average molecular weight is 203 g/mol. The van der Waals surface area contributed by atoms with Crippen LogP contribution in [0.15, 0.2) is 18.3 Å². The van der Waals surface area contributed by atoms with Crippen LogP contribution >= 0.6 is 0 Å². The molecule has 0 saturated heterocycles. The minimum absolute atomic E-state index is 0.299. The van der Waals surface area contributed by atoms with Crippen LogP contribution in [0.4, 0.5) is 13.2 Å². The van der Waals surface area contributed by atoms with Crippen LogP contribution in [0.1, 0.15) is 17.7 Å². The monoisotopic (exact) mass is 203 g/mol. The highest BCUT2D eigenvalue weighted by atomic mass is 19.4. The van der Waals surface area contributed by atoms with Crippen molar-refractivity contribution in [2.75, 3.05) is 0 Å². The summed E-state index contributed by atoms with van der Waals surface area (Å²) in [5.74, 6) is 0. The summed E-state index contributed by atoms with van der Waals surface area (Å²) in [6, 6.07) is 2.25. The molecule has 2 nitrogen and oxygen atoms in total. The number of aromatic nitrogens is 1. The number of aryl methyl sites for hydroxylation is 1. The molecule has 0 saturated carbocycles. The topological polar surface area (TPSA) is 30.0 Å². The highest BCUT2D eigenvalue weighted by Crippen LogP contribution is 2.27. The summed E-state index contributed by atoms with van der Waals surface area (Å²) < 4.78 is 36.2. The maximum absolute atomic E-state index is 12.1. The van der Waals surface area contributed by atoms with Crippen LogP contribution in [0.2, 0.25) is 0 Å². The number of hydrogen-bond acceptors (Lipinski definition) is 2. The van der Waals surface area contributed by atoms with Crippen molar-refractivity contribution >= 4 is 6.29 Å². The smallest absolute Gasteiger partial charge is 0.303 e. The third-order valence-electron chi connectivity index (χ3n) is 1.67. The molecule has 0 bridgehead atoms. The first-order valence-corrected chi connectivity index (χ1v) is 4.00. The summed E-state index contributed by atoms with van der Waals surface area (Å²) in [5.41, 5.74) is -0.280. The molecule has 0 unspecified atom stereocenters. The van der Waals surface area contributed by atoms with Gasteiger partial charge in [-0.15, -0.1) is 0 Å². The van der Waals surface area contributed by atoms with Gasteiger partial charge in [-0.1, -0.05) is 6.07 Å². The molecule has 0 amide bonds. The molecule has 0 aliphatic carbocycles. The van der Waals surface area contributed by atoms with Gasteiger partial charge in [0.1, 0.15) is 12.0 Å². The van der Waals surface area contributed by atoms with E-state index in [4.69, 9.17) is 0 Å². The van der Waals surface area contributed by atoms with Crippen LogP contribution in [0, 0.1) is 0 Å². The maximum Gasteiger partial charge on any atom is 0.433 e. The quantitative estimate of drug-likeness (QED) is 0.705. The van der Waals surface area contributed by atoms with E-state index < -0.39 is 11.9 Å². The Kier molecular flexibility index (Phi) is 3.22. The third kappa shape index (κ3) is 2.83. The van der Waals surface area contributed by atoms with Gasteiger partial charge < -0.3 is 4.79 Å². The van der Waals surface area contributed by atoms with E-state index in [-0.39, 0.29) is 0 Å². The number of alkyl halides is 3. The summed E-state index contributed by atoms with van der Waals surface area (Å²) >= 11 is 0. The number of halogens is 3. The van der Waals surface area contributed by atoms with Crippen LogP contribution in [0.5, 0.6) is 0 Å². The second kappa shape index (κ2) is 4.21. The van der Waals surface area contributed by atoms with Crippen molar-refractivity contribution in [1.29, 1.82) is 0 Å². The molecular weight excluding hydrogens is 195 g/mol. The largest absolute Gasteiger partial charge is 0.433 e. The second-order valence-corrected chi connectivity index (χ2v) is 2.75. The first kappa shape index (κ1) is 10.7. The lowest BCUT2D eigenvalue weighted by Crippen LogP contribution is -2.07. The molecule has 5 heteroatoms. The predicted molar refractivity (Wildman–Crippen MR) is 43.6 cm³/mol. The van der Waals surface area contributed by atoms with E-state index in [1.165, 1.54) is 6.07 Å². The van der Waals surface area contributed by atoms with E-state index in [9.17, 15) is 18.0 Å². The van der Waals surface area contributed by atoms with E-state index in [1.54, 1.807) is 0 Å². The number of pyridine rings is 1. The first-order valence-electron chi connectivity index (χ1n) is 4.00. The highest BCUT2D eigenvalue weighted by Gasteiger charge is 2.31. The molecule has 76 valence electrons. The molecular formula is C9H8F3NO. The summed E-state index contributed by atoms with van der Waals surface area (Å²) in [5, 5.41) is 0. The zero-order valence-electron chi connectivity index (χ0n) is 7.21. The molecule has 14 heavy (non-hydrogen) atoms. The molecule has 0 aromatic carbocycles. The van der Waals surface area contributed by atoms with Gasteiger partial charge in [0, 0.05) is 12.6 Å². The van der Waals surface area contributed by atoms with E-state index in [1.807, 2.05) is 0 Å². The Morgan fingerprint density at radius 2 is 2.07 bits per heavy atom. The lowest BCUT2D eigenvalue weighted by atomic mass is 10.1. The Balaban J connectivity index is 2.73. The Morgan fingerprint density at radius 3 is 2.50 bits per heavy atom. The minimum atomic E-state index is -4.40. The second-order valence-electron chi connectivity index (χ2n) is 2.75. The van der Waals surface area contributed by atoms with E-state index >= 15 is 0 Å². The molecule has 0 aliphatic heterocycles. The summed E-state index contributed by atoms with van der Waals surface area (Å²) in [4.78, 5) is 13.3. The van der Waals surface area contributed by atoms with Crippen LogP contribution in [-0.2, 0) is 17.4 Å². The minimum Gasteiger partial charge on any atom is -0.303 e. The van der Waals surface area contributed by atoms with E-state index in [0.29, 0.717) is 18.4 Å². The molecule has 0 fully saturated rings. The Hall–Kier alpha value is -1.39. The van der Waals surface area contributed by atoms with E-state index in [0.717, 1.165) is 18.5 Å². The van der Waals surface area contributed by atoms with Crippen molar-refractivity contribution in [1.82, 2.24) is 4.98 Å². The van der Waals surface area contributed by atoms with Gasteiger partial charge in [-0.25, -0.2) is 0 Å². The normalized spacial score (nSPS) is 11.4. The molecule has 0 radical (unpaired) electrons. The predicted octanol–water partition coefficient (Wildman–Crippen LogP) is 2.23. The third-order valence-corrected chi connectivity index (χ3v) is 1.67. The maximum atomic E-state index is 12.1. The van der Waals surface area contributed by atoms with Gasteiger partial charge in [-0.2, -0.15) is 13.2 Å².